The Morgan fingerprint density at radius 2 is 2.24 bits per heavy atom. The van der Waals surface area contributed by atoms with Crippen LogP contribution in [0.1, 0.15) is 19.8 Å². The number of rotatable bonds is 3. The van der Waals surface area contributed by atoms with Gasteiger partial charge in [0, 0.05) is 10.2 Å². The van der Waals surface area contributed by atoms with Gasteiger partial charge in [0.15, 0.2) is 0 Å². The van der Waals surface area contributed by atoms with Crippen molar-refractivity contribution in [2.24, 2.45) is 11.7 Å². The number of primary amides is 1. The van der Waals surface area contributed by atoms with E-state index in [-0.39, 0.29) is 5.91 Å². The first-order valence-corrected chi connectivity index (χ1v) is 6.63. The average Bonchev–Trinajstić information content (AvgIpc) is 2.20. The van der Waals surface area contributed by atoms with Crippen LogP contribution in [0.2, 0.25) is 5.02 Å². The van der Waals surface area contributed by atoms with Crippen LogP contribution in [0.25, 0.3) is 0 Å². The molecule has 0 bridgehead atoms. The molecule has 1 aromatic carbocycles. The Morgan fingerprint density at radius 1 is 1.59 bits per heavy atom. The van der Waals surface area contributed by atoms with Crippen LogP contribution in [0.5, 0.6) is 0 Å². The quantitative estimate of drug-likeness (QED) is 0.899. The van der Waals surface area contributed by atoms with Crippen molar-refractivity contribution in [1.29, 1.82) is 0 Å². The summed E-state index contributed by atoms with van der Waals surface area (Å²) in [7, 11) is 0. The molecule has 1 fully saturated rings. The number of nitrogens with two attached hydrogens (primary N) is 1. The van der Waals surface area contributed by atoms with E-state index in [9.17, 15) is 4.79 Å². The highest BCUT2D eigenvalue weighted by Crippen LogP contribution is 2.40. The van der Waals surface area contributed by atoms with E-state index < -0.39 is 5.54 Å². The Morgan fingerprint density at radius 3 is 2.71 bits per heavy atom. The third kappa shape index (κ3) is 2.43. The Kier molecular flexibility index (Phi) is 3.36. The van der Waals surface area contributed by atoms with Crippen LogP contribution in [0.3, 0.4) is 0 Å². The lowest BCUT2D eigenvalue weighted by atomic mass is 9.68. The van der Waals surface area contributed by atoms with Gasteiger partial charge < -0.3 is 11.1 Å². The monoisotopic (exact) mass is 316 g/mol. The van der Waals surface area contributed by atoms with Gasteiger partial charge in [-0.25, -0.2) is 0 Å². The average molecular weight is 318 g/mol. The molecule has 1 amide bonds. The SMILES string of the molecule is CC1CC(Nc2ccc(Cl)c(Br)c2)(C(N)=O)C1. The van der Waals surface area contributed by atoms with Crippen molar-refractivity contribution in [2.45, 2.75) is 25.3 Å². The molecular weight excluding hydrogens is 304 g/mol. The molecule has 0 saturated heterocycles. The van der Waals surface area contributed by atoms with E-state index in [1.165, 1.54) is 0 Å². The molecule has 1 aliphatic rings. The predicted molar refractivity (Wildman–Crippen MR) is 73.1 cm³/mol. The topological polar surface area (TPSA) is 55.1 Å². The first-order valence-electron chi connectivity index (χ1n) is 5.46. The van der Waals surface area contributed by atoms with Crippen LogP contribution < -0.4 is 11.1 Å². The molecule has 0 aromatic heterocycles. The summed E-state index contributed by atoms with van der Waals surface area (Å²) in [4.78, 5) is 11.5. The van der Waals surface area contributed by atoms with Crippen molar-refractivity contribution in [1.82, 2.24) is 0 Å². The van der Waals surface area contributed by atoms with Gasteiger partial charge in [0.25, 0.3) is 0 Å². The third-order valence-electron chi connectivity index (χ3n) is 3.17. The zero-order valence-electron chi connectivity index (χ0n) is 9.47. The number of carbonyl (C=O) groups is 1. The minimum absolute atomic E-state index is 0.290. The van der Waals surface area contributed by atoms with Crippen molar-refractivity contribution >= 4 is 39.1 Å². The van der Waals surface area contributed by atoms with E-state index in [2.05, 4.69) is 28.2 Å². The summed E-state index contributed by atoms with van der Waals surface area (Å²) >= 11 is 9.27. The first-order chi connectivity index (χ1) is 7.93. The smallest absolute Gasteiger partial charge is 0.243 e. The second-order valence-electron chi connectivity index (χ2n) is 4.71. The lowest BCUT2D eigenvalue weighted by Crippen LogP contribution is -2.58. The fraction of sp³-hybridized carbons (Fsp3) is 0.417. The van der Waals surface area contributed by atoms with E-state index in [1.807, 2.05) is 12.1 Å². The summed E-state index contributed by atoms with van der Waals surface area (Å²) in [6.45, 7) is 2.11. The second kappa shape index (κ2) is 4.50. The number of anilines is 1. The molecule has 0 spiro atoms. The number of carbonyl (C=O) groups excluding carboxylic acids is 1. The van der Waals surface area contributed by atoms with Crippen molar-refractivity contribution < 1.29 is 4.79 Å². The minimum atomic E-state index is -0.591. The van der Waals surface area contributed by atoms with Gasteiger partial charge >= 0.3 is 0 Å². The molecule has 0 heterocycles. The van der Waals surface area contributed by atoms with Crippen molar-refractivity contribution in [3.8, 4) is 0 Å². The molecule has 2 rings (SSSR count). The molecule has 1 aromatic rings. The van der Waals surface area contributed by atoms with Gasteiger partial charge in [0.2, 0.25) is 5.91 Å². The highest BCUT2D eigenvalue weighted by Gasteiger charge is 2.47. The number of nitrogens with one attached hydrogen (secondary N) is 1. The van der Waals surface area contributed by atoms with Crippen molar-refractivity contribution in [3.05, 3.63) is 27.7 Å². The summed E-state index contributed by atoms with van der Waals surface area (Å²) in [5.41, 5.74) is 5.73. The van der Waals surface area contributed by atoms with E-state index in [4.69, 9.17) is 17.3 Å². The molecule has 1 saturated carbocycles. The van der Waals surface area contributed by atoms with E-state index in [0.717, 1.165) is 23.0 Å². The van der Waals surface area contributed by atoms with E-state index in [1.54, 1.807) is 6.07 Å². The molecule has 3 N–H and O–H groups in total. The molecule has 0 aliphatic heterocycles. The maximum atomic E-state index is 11.5. The summed E-state index contributed by atoms with van der Waals surface area (Å²) in [6, 6.07) is 5.49. The lowest BCUT2D eigenvalue weighted by molar-refractivity contribution is -0.126. The number of amides is 1. The summed E-state index contributed by atoms with van der Waals surface area (Å²) < 4.78 is 0.802. The molecule has 0 radical (unpaired) electrons. The fourth-order valence-electron chi connectivity index (χ4n) is 2.34. The van der Waals surface area contributed by atoms with Gasteiger partial charge in [0.05, 0.1) is 5.02 Å². The van der Waals surface area contributed by atoms with Crippen LogP contribution in [-0.2, 0) is 4.79 Å². The summed E-state index contributed by atoms with van der Waals surface area (Å²) in [5.74, 6) is 0.243. The maximum absolute atomic E-state index is 11.5. The standard InChI is InChI=1S/C12H14BrClN2O/c1-7-5-12(6-7,11(15)17)16-8-2-3-10(14)9(13)4-8/h2-4,7,16H,5-6H2,1H3,(H2,15,17). The predicted octanol–water partition coefficient (Wildman–Crippen LogP) is 3.17. The van der Waals surface area contributed by atoms with E-state index >= 15 is 0 Å². The summed E-state index contributed by atoms with van der Waals surface area (Å²) in [6.07, 6.45) is 1.56. The molecule has 3 nitrogen and oxygen atoms in total. The second-order valence-corrected chi connectivity index (χ2v) is 5.98. The van der Waals surface area contributed by atoms with Gasteiger partial charge in [-0.1, -0.05) is 18.5 Å². The van der Waals surface area contributed by atoms with Crippen LogP contribution in [-0.4, -0.2) is 11.4 Å². The fourth-order valence-corrected chi connectivity index (χ4v) is 2.84. The number of benzene rings is 1. The zero-order chi connectivity index (χ0) is 12.6. The molecule has 1 aliphatic carbocycles. The molecule has 17 heavy (non-hydrogen) atoms. The molecule has 0 atom stereocenters. The normalized spacial score (nSPS) is 27.4. The van der Waals surface area contributed by atoms with E-state index in [0.29, 0.717) is 10.9 Å². The third-order valence-corrected chi connectivity index (χ3v) is 4.38. The Balaban J connectivity index is 2.19. The zero-order valence-corrected chi connectivity index (χ0v) is 11.8. The van der Waals surface area contributed by atoms with Gasteiger partial charge in [0.1, 0.15) is 5.54 Å². The number of hydrogen-bond acceptors (Lipinski definition) is 2. The molecule has 5 heteroatoms. The van der Waals surface area contributed by atoms with Gasteiger partial charge in [-0.3, -0.25) is 4.79 Å². The number of hydrogen-bond donors (Lipinski definition) is 2. The Hall–Kier alpha value is -0.740. The molecule has 92 valence electrons. The molecule has 0 unspecified atom stereocenters. The summed E-state index contributed by atoms with van der Waals surface area (Å²) in [5, 5.41) is 3.87. The van der Waals surface area contributed by atoms with Crippen LogP contribution >= 0.6 is 27.5 Å². The van der Waals surface area contributed by atoms with Crippen LogP contribution in [0, 0.1) is 5.92 Å². The largest absolute Gasteiger partial charge is 0.371 e. The highest BCUT2D eigenvalue weighted by molar-refractivity contribution is 9.10. The first kappa shape index (κ1) is 12.7. The Bertz CT molecular complexity index is 458. The van der Waals surface area contributed by atoms with Gasteiger partial charge in [-0.05, 0) is 52.9 Å². The highest BCUT2D eigenvalue weighted by atomic mass is 79.9. The van der Waals surface area contributed by atoms with Crippen LogP contribution in [0.15, 0.2) is 22.7 Å². The number of halogens is 2. The lowest BCUT2D eigenvalue weighted by Gasteiger charge is -2.45. The minimum Gasteiger partial charge on any atom is -0.371 e. The van der Waals surface area contributed by atoms with Crippen molar-refractivity contribution in [3.63, 3.8) is 0 Å². The van der Waals surface area contributed by atoms with Crippen LogP contribution in [0.4, 0.5) is 5.69 Å². The Labute approximate surface area is 114 Å². The molecular formula is C12H14BrClN2O. The maximum Gasteiger partial charge on any atom is 0.243 e. The van der Waals surface area contributed by atoms with Crippen molar-refractivity contribution in [2.75, 3.05) is 5.32 Å². The van der Waals surface area contributed by atoms with Gasteiger partial charge in [-0.2, -0.15) is 0 Å². The van der Waals surface area contributed by atoms with Gasteiger partial charge in [-0.15, -0.1) is 0 Å².